The molecule has 2 aromatic carbocycles. The number of nitrogens with zero attached hydrogens (tertiary/aromatic N) is 2. The van der Waals surface area contributed by atoms with E-state index in [1.54, 1.807) is 11.8 Å². The standard InChI is InChI=1S/C27H31N3O2/c1-28-26(31)32-29-14-19-10-11-22-23-13-27(24(22)12-19)17-30(15-18-6-2-3-7-18)16-25(27)21-9-5-4-8-20(21)23/h4-5,8-12,14,18,23,25H,2-3,6-7,13,15-17H2,1H3,(H,28,31). The van der Waals surface area contributed by atoms with Crippen LogP contribution in [0.5, 0.6) is 0 Å². The van der Waals surface area contributed by atoms with E-state index < -0.39 is 6.09 Å². The second kappa shape index (κ2) is 7.73. The highest BCUT2D eigenvalue weighted by Crippen LogP contribution is 2.63. The van der Waals surface area contributed by atoms with E-state index in [1.165, 1.54) is 62.4 Å². The van der Waals surface area contributed by atoms with E-state index in [1.807, 2.05) is 0 Å². The van der Waals surface area contributed by atoms with Crippen LogP contribution in [0.25, 0.3) is 0 Å². The van der Waals surface area contributed by atoms with Crippen LogP contribution >= 0.6 is 0 Å². The third-order valence-corrected chi connectivity index (χ3v) is 8.45. The van der Waals surface area contributed by atoms with Gasteiger partial charge in [-0.25, -0.2) is 4.79 Å². The molecule has 2 fully saturated rings. The van der Waals surface area contributed by atoms with Gasteiger partial charge < -0.3 is 10.2 Å². The lowest BCUT2D eigenvalue weighted by atomic mass is 9.65. The van der Waals surface area contributed by atoms with Crippen LogP contribution in [0.1, 0.15) is 71.8 Å². The average Bonchev–Trinajstić information content (AvgIpc) is 3.52. The summed E-state index contributed by atoms with van der Waals surface area (Å²) >= 11 is 0. The Morgan fingerprint density at radius 1 is 1.19 bits per heavy atom. The van der Waals surface area contributed by atoms with Crippen molar-refractivity contribution in [1.82, 2.24) is 10.2 Å². The van der Waals surface area contributed by atoms with Crippen molar-refractivity contribution in [2.45, 2.75) is 49.4 Å². The molecule has 2 bridgehead atoms. The zero-order chi connectivity index (χ0) is 21.7. The molecule has 3 aliphatic carbocycles. The molecular weight excluding hydrogens is 398 g/mol. The van der Waals surface area contributed by atoms with Gasteiger partial charge in [0.25, 0.3) is 0 Å². The summed E-state index contributed by atoms with van der Waals surface area (Å²) in [7, 11) is 1.53. The van der Waals surface area contributed by atoms with Gasteiger partial charge in [0, 0.05) is 43.9 Å². The predicted octanol–water partition coefficient (Wildman–Crippen LogP) is 4.75. The van der Waals surface area contributed by atoms with E-state index in [0.29, 0.717) is 11.8 Å². The van der Waals surface area contributed by atoms with Gasteiger partial charge in [0.15, 0.2) is 0 Å². The molecule has 1 heterocycles. The minimum Gasteiger partial charge on any atom is -0.323 e. The predicted molar refractivity (Wildman–Crippen MR) is 125 cm³/mol. The molecule has 3 unspecified atom stereocenters. The molecular formula is C27H31N3O2. The Labute approximate surface area is 189 Å². The Balaban J connectivity index is 1.37. The minimum atomic E-state index is -0.550. The van der Waals surface area contributed by atoms with Crippen LogP contribution in [-0.4, -0.2) is 43.9 Å². The van der Waals surface area contributed by atoms with Gasteiger partial charge in [0.2, 0.25) is 0 Å². The molecule has 5 nitrogen and oxygen atoms in total. The van der Waals surface area contributed by atoms with Gasteiger partial charge in [-0.15, -0.1) is 0 Å². The van der Waals surface area contributed by atoms with Gasteiger partial charge in [-0.3, -0.25) is 4.84 Å². The molecule has 166 valence electrons. The van der Waals surface area contributed by atoms with Crippen molar-refractivity contribution in [3.8, 4) is 0 Å². The fraction of sp³-hybridized carbons (Fsp3) is 0.481. The van der Waals surface area contributed by atoms with Crippen molar-refractivity contribution in [1.29, 1.82) is 0 Å². The van der Waals surface area contributed by atoms with Crippen LogP contribution in [-0.2, 0) is 10.3 Å². The molecule has 0 radical (unpaired) electrons. The second-order valence-electron chi connectivity index (χ2n) is 10.1. The van der Waals surface area contributed by atoms with Crippen molar-refractivity contribution < 1.29 is 9.63 Å². The maximum absolute atomic E-state index is 11.3. The van der Waals surface area contributed by atoms with Crippen molar-refractivity contribution in [3.05, 3.63) is 70.3 Å². The van der Waals surface area contributed by atoms with Gasteiger partial charge in [0.1, 0.15) is 0 Å². The van der Waals surface area contributed by atoms with Gasteiger partial charge in [0.05, 0.1) is 6.21 Å². The molecule has 2 aromatic rings. The topological polar surface area (TPSA) is 53.9 Å². The SMILES string of the molecule is CNC(=O)ON=Cc1ccc2c(c1)C13CC2c2ccccc2C1CN(CC1CCCC1)C3. The molecule has 1 saturated carbocycles. The lowest BCUT2D eigenvalue weighted by Gasteiger charge is -2.37. The Bertz CT molecular complexity index is 1070. The number of hydrogen-bond donors (Lipinski definition) is 1. The lowest BCUT2D eigenvalue weighted by Crippen LogP contribution is -2.35. The fourth-order valence-electron chi connectivity index (χ4n) is 7.16. The number of benzene rings is 2. The molecule has 4 aliphatic rings. The first kappa shape index (κ1) is 20.0. The van der Waals surface area contributed by atoms with Gasteiger partial charge >= 0.3 is 6.09 Å². The van der Waals surface area contributed by atoms with Crippen molar-refractivity contribution in [3.63, 3.8) is 0 Å². The largest absolute Gasteiger partial charge is 0.433 e. The van der Waals surface area contributed by atoms with Gasteiger partial charge in [-0.1, -0.05) is 54.4 Å². The molecule has 32 heavy (non-hydrogen) atoms. The molecule has 1 spiro atoms. The van der Waals surface area contributed by atoms with E-state index in [-0.39, 0.29) is 5.41 Å². The van der Waals surface area contributed by atoms with Crippen molar-refractivity contribution in [2.75, 3.05) is 26.7 Å². The maximum Gasteiger partial charge on any atom is 0.433 e. The second-order valence-corrected chi connectivity index (χ2v) is 10.1. The Morgan fingerprint density at radius 3 is 2.81 bits per heavy atom. The average molecular weight is 430 g/mol. The first-order valence-corrected chi connectivity index (χ1v) is 12.1. The van der Waals surface area contributed by atoms with E-state index in [9.17, 15) is 4.79 Å². The van der Waals surface area contributed by atoms with Crippen LogP contribution in [0.2, 0.25) is 0 Å². The van der Waals surface area contributed by atoms with Crippen molar-refractivity contribution >= 4 is 12.3 Å². The quantitative estimate of drug-likeness (QED) is 0.433. The summed E-state index contributed by atoms with van der Waals surface area (Å²) in [6.45, 7) is 3.57. The summed E-state index contributed by atoms with van der Waals surface area (Å²) in [6.07, 6.45) is 7.92. The van der Waals surface area contributed by atoms with E-state index in [2.05, 4.69) is 57.8 Å². The van der Waals surface area contributed by atoms with Crippen LogP contribution in [0.15, 0.2) is 47.6 Å². The molecule has 0 aromatic heterocycles. The van der Waals surface area contributed by atoms with Crippen LogP contribution in [0, 0.1) is 5.92 Å². The molecule has 1 saturated heterocycles. The number of rotatable bonds is 4. The van der Waals surface area contributed by atoms with E-state index >= 15 is 0 Å². The van der Waals surface area contributed by atoms with Crippen LogP contribution < -0.4 is 5.32 Å². The number of oxime groups is 1. The molecule has 6 rings (SSSR count). The highest BCUT2D eigenvalue weighted by atomic mass is 16.7. The Morgan fingerprint density at radius 2 is 2.00 bits per heavy atom. The monoisotopic (exact) mass is 429 g/mol. The number of carbonyl (C=O) groups excluding carboxylic acids is 1. The Hall–Kier alpha value is -2.66. The fourth-order valence-corrected chi connectivity index (χ4v) is 7.16. The molecule has 1 amide bonds. The summed E-state index contributed by atoms with van der Waals surface area (Å²) in [5.74, 6) is 1.91. The summed E-state index contributed by atoms with van der Waals surface area (Å²) in [5, 5.41) is 6.30. The van der Waals surface area contributed by atoms with Gasteiger partial charge in [-0.2, -0.15) is 0 Å². The molecule has 1 aliphatic heterocycles. The number of hydrogen-bond acceptors (Lipinski definition) is 4. The van der Waals surface area contributed by atoms with E-state index in [4.69, 9.17) is 4.84 Å². The maximum atomic E-state index is 11.3. The van der Waals surface area contributed by atoms with Crippen LogP contribution in [0.3, 0.4) is 0 Å². The number of amides is 1. The third-order valence-electron chi connectivity index (χ3n) is 8.45. The number of likely N-dealkylation sites (tertiary alicyclic amines) is 1. The first-order valence-electron chi connectivity index (χ1n) is 12.1. The minimum absolute atomic E-state index is 0.179. The van der Waals surface area contributed by atoms with E-state index in [0.717, 1.165) is 24.6 Å². The number of nitrogens with one attached hydrogen (secondary N) is 1. The van der Waals surface area contributed by atoms with Gasteiger partial charge in [-0.05, 0) is 59.1 Å². The smallest absolute Gasteiger partial charge is 0.323 e. The normalized spacial score (nSPS) is 28.5. The summed E-state index contributed by atoms with van der Waals surface area (Å²) in [6, 6.07) is 15.9. The van der Waals surface area contributed by atoms with Crippen molar-refractivity contribution in [2.24, 2.45) is 11.1 Å². The summed E-state index contributed by atoms with van der Waals surface area (Å²) in [4.78, 5) is 18.9. The highest BCUT2D eigenvalue weighted by molar-refractivity contribution is 5.81. The molecule has 3 atom stereocenters. The summed E-state index contributed by atoms with van der Waals surface area (Å²) < 4.78 is 0. The Kier molecular flexibility index (Phi) is 4.83. The zero-order valence-corrected chi connectivity index (χ0v) is 18.7. The molecule has 1 N–H and O–H groups in total. The highest BCUT2D eigenvalue weighted by Gasteiger charge is 2.58. The van der Waals surface area contributed by atoms with Crippen LogP contribution in [0.4, 0.5) is 4.79 Å². The third kappa shape index (κ3) is 3.09. The number of fused-ring (bicyclic) bond motifs is 3. The molecule has 5 heteroatoms. The zero-order valence-electron chi connectivity index (χ0n) is 18.7. The summed E-state index contributed by atoms with van der Waals surface area (Å²) in [5.41, 5.74) is 7.23. The number of carbonyl (C=O) groups is 1. The first-order chi connectivity index (χ1) is 15.7. The lowest BCUT2D eigenvalue weighted by molar-refractivity contribution is 0.154.